The average molecular weight is 661 g/mol. The highest BCUT2D eigenvalue weighted by atomic mass is 16.6. The van der Waals surface area contributed by atoms with E-state index >= 15 is 0 Å². The van der Waals surface area contributed by atoms with Gasteiger partial charge >= 0.3 is 23.5 Å². The molecule has 0 bridgehead atoms. The van der Waals surface area contributed by atoms with Crippen LogP contribution in [0.15, 0.2) is 64.1 Å². The number of ether oxygens (including phenoxy) is 4. The Morgan fingerprint density at radius 2 is 1.77 bits per heavy atom. The van der Waals surface area contributed by atoms with E-state index in [1.54, 1.807) is 61.8 Å². The van der Waals surface area contributed by atoms with Crippen LogP contribution in [-0.4, -0.2) is 52.4 Å². The van der Waals surface area contributed by atoms with E-state index in [1.165, 1.54) is 13.8 Å². The summed E-state index contributed by atoms with van der Waals surface area (Å²) >= 11 is 0. The Labute approximate surface area is 277 Å². The number of nitrogen functional groups attached to an aromatic ring is 1. The Balaban J connectivity index is 1.50. The minimum Gasteiger partial charge on any atom is -0.482 e. The highest BCUT2D eigenvalue weighted by Gasteiger charge is 2.71. The third-order valence-electron chi connectivity index (χ3n) is 10.8. The Morgan fingerprint density at radius 3 is 2.42 bits per heavy atom. The van der Waals surface area contributed by atoms with Crippen molar-refractivity contribution in [1.29, 1.82) is 0 Å². The summed E-state index contributed by atoms with van der Waals surface area (Å²) in [6.07, 6.45) is 1.17. The molecule has 2 aliphatic carbocycles. The van der Waals surface area contributed by atoms with Gasteiger partial charge in [-0.1, -0.05) is 13.8 Å². The molecule has 3 aromatic rings. The van der Waals surface area contributed by atoms with Gasteiger partial charge in [-0.15, -0.1) is 0 Å². The molecule has 1 aliphatic heterocycles. The van der Waals surface area contributed by atoms with Gasteiger partial charge in [0, 0.05) is 54.9 Å². The molecule has 2 aromatic heterocycles. The maximum Gasteiger partial charge on any atom is 0.345 e. The number of benzene rings is 1. The minimum absolute atomic E-state index is 0.0422. The van der Waals surface area contributed by atoms with Crippen molar-refractivity contribution in [3.63, 3.8) is 0 Å². The fraction of sp³-hybridized carbons (Fsp3) is 0.472. The zero-order valence-electron chi connectivity index (χ0n) is 27.6. The molecule has 3 N–H and O–H groups in total. The molecule has 8 atom stereocenters. The number of hydrogen-bond donors (Lipinski definition) is 2. The number of rotatable bonds is 6. The molecular formula is C36H40N2O10. The normalized spacial score (nSPS) is 32.0. The number of nitrogens with two attached hydrogens (primary N) is 1. The number of anilines is 1. The SMILES string of the molecule is CC(=O)OC[C@@]1(C)[C@@H]2C[C@H](OC(=O)c3ccc(N)cc3)[C@@]3(C)Oc4cc(-c5cccnc5)oc(=O)c4[C@H](O)[C@@H]3[C@@]2(C)CC[C@@H]1OC(C)=O. The first-order valence-corrected chi connectivity index (χ1v) is 16.0. The lowest BCUT2D eigenvalue weighted by atomic mass is 9.42. The van der Waals surface area contributed by atoms with E-state index in [0.717, 1.165) is 0 Å². The largest absolute Gasteiger partial charge is 0.482 e. The predicted molar refractivity (Wildman–Crippen MR) is 171 cm³/mol. The number of hydrogen-bond acceptors (Lipinski definition) is 12. The second-order valence-electron chi connectivity index (χ2n) is 13.9. The number of pyridine rings is 1. The molecule has 0 amide bonds. The first kappa shape index (κ1) is 33.2. The van der Waals surface area contributed by atoms with Crippen LogP contribution in [0.3, 0.4) is 0 Å². The summed E-state index contributed by atoms with van der Waals surface area (Å²) < 4.78 is 30.2. The van der Waals surface area contributed by atoms with Crippen molar-refractivity contribution in [3.05, 3.63) is 76.4 Å². The van der Waals surface area contributed by atoms with Crippen LogP contribution in [0.5, 0.6) is 5.75 Å². The van der Waals surface area contributed by atoms with Crippen LogP contribution in [0.1, 0.15) is 75.9 Å². The molecule has 2 fully saturated rings. The first-order valence-electron chi connectivity index (χ1n) is 16.0. The molecule has 48 heavy (non-hydrogen) atoms. The van der Waals surface area contributed by atoms with Gasteiger partial charge in [0.05, 0.1) is 11.7 Å². The molecule has 0 spiro atoms. The Bertz CT molecular complexity index is 1790. The van der Waals surface area contributed by atoms with Gasteiger partial charge in [-0.3, -0.25) is 14.6 Å². The third-order valence-corrected chi connectivity index (χ3v) is 10.8. The molecule has 254 valence electrons. The lowest BCUT2D eigenvalue weighted by Crippen LogP contribution is -2.71. The smallest absolute Gasteiger partial charge is 0.345 e. The highest BCUT2D eigenvalue weighted by molar-refractivity contribution is 5.90. The molecule has 2 saturated carbocycles. The van der Waals surface area contributed by atoms with E-state index in [1.807, 2.05) is 13.8 Å². The average Bonchev–Trinajstić information content (AvgIpc) is 3.02. The number of carbonyl (C=O) groups excluding carboxylic acids is 3. The molecule has 12 heteroatoms. The van der Waals surface area contributed by atoms with Gasteiger partial charge in [-0.05, 0) is 73.9 Å². The fourth-order valence-corrected chi connectivity index (χ4v) is 8.65. The van der Waals surface area contributed by atoms with Crippen molar-refractivity contribution in [2.75, 3.05) is 12.3 Å². The van der Waals surface area contributed by atoms with Crippen molar-refractivity contribution in [2.24, 2.45) is 22.7 Å². The van der Waals surface area contributed by atoms with E-state index in [0.29, 0.717) is 24.1 Å². The molecule has 0 saturated heterocycles. The summed E-state index contributed by atoms with van der Waals surface area (Å²) in [7, 11) is 0. The summed E-state index contributed by atoms with van der Waals surface area (Å²) in [6, 6.07) is 11.3. The van der Waals surface area contributed by atoms with Gasteiger partial charge in [0.15, 0.2) is 0 Å². The number of aliphatic hydroxyl groups excluding tert-OH is 1. The second-order valence-corrected chi connectivity index (χ2v) is 13.9. The van der Waals surface area contributed by atoms with Gasteiger partial charge in [0.25, 0.3) is 0 Å². The molecule has 0 unspecified atom stereocenters. The van der Waals surface area contributed by atoms with E-state index < -0.39 is 70.1 Å². The molecular weight excluding hydrogens is 620 g/mol. The van der Waals surface area contributed by atoms with Crippen LogP contribution in [0.25, 0.3) is 11.3 Å². The maximum atomic E-state index is 13.7. The second kappa shape index (κ2) is 12.1. The zero-order valence-corrected chi connectivity index (χ0v) is 27.6. The summed E-state index contributed by atoms with van der Waals surface area (Å²) in [5.41, 5.74) is 3.21. The van der Waals surface area contributed by atoms with Crippen LogP contribution < -0.4 is 16.1 Å². The van der Waals surface area contributed by atoms with Crippen molar-refractivity contribution in [3.8, 4) is 17.1 Å². The summed E-state index contributed by atoms with van der Waals surface area (Å²) in [5.74, 6) is -2.58. The van der Waals surface area contributed by atoms with Gasteiger partial charge < -0.3 is 34.2 Å². The standard InChI is InChI=1S/C36H40N2O10/c1-19(39)44-18-35(4)26-16-28(47-32(42)21-8-10-23(37)11-9-21)36(5)31(34(26,3)13-12-27(35)45-20(2)40)30(41)29-25(48-36)15-24(46-33(29)43)22-7-6-14-38-17-22/h6-11,14-15,17,26-28,30-31,41H,12-13,16,18,37H2,1-5H3/t26-,27+,28+,30+,31-,34+,35+,36-/m1/s1. The predicted octanol–water partition coefficient (Wildman–Crippen LogP) is 4.63. The van der Waals surface area contributed by atoms with Crippen LogP contribution in [0, 0.1) is 22.7 Å². The molecule has 0 radical (unpaired) electrons. The summed E-state index contributed by atoms with van der Waals surface area (Å²) in [5, 5.41) is 12.3. The van der Waals surface area contributed by atoms with Gasteiger partial charge in [0.2, 0.25) is 0 Å². The lowest BCUT2D eigenvalue weighted by Gasteiger charge is -2.66. The first-order chi connectivity index (χ1) is 22.7. The van der Waals surface area contributed by atoms with E-state index in [2.05, 4.69) is 4.98 Å². The molecule has 12 nitrogen and oxygen atoms in total. The van der Waals surface area contributed by atoms with Crippen molar-refractivity contribution in [2.45, 2.75) is 77.8 Å². The Kier molecular flexibility index (Phi) is 8.35. The van der Waals surface area contributed by atoms with Crippen LogP contribution in [0.4, 0.5) is 5.69 Å². The topological polar surface area (TPSA) is 177 Å². The Morgan fingerprint density at radius 1 is 1.04 bits per heavy atom. The number of fused-ring (bicyclic) bond motifs is 4. The van der Waals surface area contributed by atoms with Gasteiger partial charge in [0.1, 0.15) is 41.5 Å². The van der Waals surface area contributed by atoms with E-state index in [9.17, 15) is 24.3 Å². The molecule has 3 aliphatic rings. The Hall–Kier alpha value is -4.71. The molecule has 1 aromatic carbocycles. The quantitative estimate of drug-likeness (QED) is 0.213. The summed E-state index contributed by atoms with van der Waals surface area (Å²) in [6.45, 7) is 8.20. The van der Waals surface area contributed by atoms with Crippen LogP contribution in [0.2, 0.25) is 0 Å². The third kappa shape index (κ3) is 5.51. The maximum absolute atomic E-state index is 13.7. The number of carbonyl (C=O) groups is 3. The van der Waals surface area contributed by atoms with Crippen molar-refractivity contribution < 1.29 is 42.9 Å². The molecule has 3 heterocycles. The molecule has 6 rings (SSSR count). The lowest BCUT2D eigenvalue weighted by molar-refractivity contribution is -0.266. The van der Waals surface area contributed by atoms with E-state index in [-0.39, 0.29) is 35.7 Å². The monoisotopic (exact) mass is 660 g/mol. The van der Waals surface area contributed by atoms with Crippen molar-refractivity contribution >= 4 is 23.6 Å². The van der Waals surface area contributed by atoms with Gasteiger partial charge in [-0.2, -0.15) is 0 Å². The number of aliphatic hydroxyl groups is 1. The summed E-state index contributed by atoms with van der Waals surface area (Å²) in [4.78, 5) is 55.8. The highest BCUT2D eigenvalue weighted by Crippen LogP contribution is 2.67. The fourth-order valence-electron chi connectivity index (χ4n) is 8.65. The van der Waals surface area contributed by atoms with Crippen molar-refractivity contribution in [1.82, 2.24) is 4.98 Å². The van der Waals surface area contributed by atoms with Crippen LogP contribution >= 0.6 is 0 Å². The zero-order chi connectivity index (χ0) is 34.6. The minimum atomic E-state index is -1.40. The van der Waals surface area contributed by atoms with Crippen LogP contribution in [-0.2, 0) is 23.8 Å². The number of nitrogens with zero attached hydrogens (tertiary/aromatic N) is 1. The number of esters is 3. The number of aromatic nitrogens is 1. The van der Waals surface area contributed by atoms with Gasteiger partial charge in [-0.25, -0.2) is 9.59 Å². The van der Waals surface area contributed by atoms with E-state index in [4.69, 9.17) is 29.1 Å².